The standard InChI is InChI=1S/C24H17ClN2O2S/c1-28-22-13-17(8-11-21(22)29-15-16-6-9-19(25)10-7-16)12-18(14-26)24-27-20-4-2-3-5-23(20)30-24/h2-13H,15H2,1H3/b18-12+. The SMILES string of the molecule is COc1cc(/C=C(\C#N)c2nc3ccccc3s2)ccc1OCc1ccc(Cl)cc1. The van der Waals surface area contributed by atoms with Gasteiger partial charge in [0.2, 0.25) is 0 Å². The van der Waals surface area contributed by atoms with Gasteiger partial charge in [-0.25, -0.2) is 4.98 Å². The van der Waals surface area contributed by atoms with Crippen molar-refractivity contribution in [2.45, 2.75) is 6.61 Å². The Kier molecular flexibility index (Phi) is 5.99. The first-order valence-corrected chi connectivity index (χ1v) is 10.4. The van der Waals surface area contributed by atoms with Gasteiger partial charge in [0.25, 0.3) is 0 Å². The molecule has 148 valence electrons. The Morgan fingerprint density at radius 3 is 2.63 bits per heavy atom. The van der Waals surface area contributed by atoms with Crippen molar-refractivity contribution in [3.8, 4) is 17.6 Å². The lowest BCUT2D eigenvalue weighted by atomic mass is 10.1. The zero-order valence-corrected chi connectivity index (χ0v) is 17.7. The van der Waals surface area contributed by atoms with Crippen LogP contribution < -0.4 is 9.47 Å². The zero-order valence-electron chi connectivity index (χ0n) is 16.1. The van der Waals surface area contributed by atoms with Crippen molar-refractivity contribution < 1.29 is 9.47 Å². The fourth-order valence-corrected chi connectivity index (χ4v) is 3.99. The van der Waals surface area contributed by atoms with E-state index in [1.807, 2.05) is 72.8 Å². The highest BCUT2D eigenvalue weighted by Gasteiger charge is 2.10. The number of fused-ring (bicyclic) bond motifs is 1. The van der Waals surface area contributed by atoms with Gasteiger partial charge in [-0.3, -0.25) is 0 Å². The van der Waals surface area contributed by atoms with Crippen LogP contribution in [0.2, 0.25) is 5.02 Å². The molecule has 0 N–H and O–H groups in total. The molecule has 0 aliphatic rings. The number of benzene rings is 3. The predicted octanol–water partition coefficient (Wildman–Crippen LogP) is 6.60. The third kappa shape index (κ3) is 4.46. The number of rotatable bonds is 6. The van der Waals surface area contributed by atoms with Crippen LogP contribution in [0.15, 0.2) is 66.7 Å². The molecule has 4 aromatic rings. The van der Waals surface area contributed by atoms with E-state index in [0.29, 0.717) is 33.7 Å². The molecule has 6 heteroatoms. The summed E-state index contributed by atoms with van der Waals surface area (Å²) in [5.74, 6) is 1.22. The zero-order chi connectivity index (χ0) is 20.9. The highest BCUT2D eigenvalue weighted by atomic mass is 35.5. The Balaban J connectivity index is 1.57. The van der Waals surface area contributed by atoms with Crippen molar-refractivity contribution in [3.05, 3.63) is 87.9 Å². The second-order valence-corrected chi connectivity index (χ2v) is 7.95. The molecule has 0 aliphatic heterocycles. The van der Waals surface area contributed by atoms with Crippen molar-refractivity contribution in [1.82, 2.24) is 4.98 Å². The van der Waals surface area contributed by atoms with E-state index in [1.165, 1.54) is 11.3 Å². The molecule has 0 saturated heterocycles. The molecule has 0 saturated carbocycles. The Bertz CT molecular complexity index is 1220. The number of nitrogens with zero attached hydrogens (tertiary/aromatic N) is 2. The molecule has 4 nitrogen and oxygen atoms in total. The van der Waals surface area contributed by atoms with E-state index in [0.717, 1.165) is 21.3 Å². The van der Waals surface area contributed by atoms with Gasteiger partial charge in [-0.15, -0.1) is 11.3 Å². The van der Waals surface area contributed by atoms with Crippen LogP contribution in [0.1, 0.15) is 16.1 Å². The molecule has 0 bridgehead atoms. The molecule has 0 radical (unpaired) electrons. The highest BCUT2D eigenvalue weighted by Crippen LogP contribution is 2.32. The molecule has 0 amide bonds. The maximum absolute atomic E-state index is 9.66. The fraction of sp³-hybridized carbons (Fsp3) is 0.0833. The van der Waals surface area contributed by atoms with E-state index in [9.17, 15) is 5.26 Å². The van der Waals surface area contributed by atoms with Crippen molar-refractivity contribution in [1.29, 1.82) is 5.26 Å². The second kappa shape index (κ2) is 9.00. The van der Waals surface area contributed by atoms with Gasteiger partial charge < -0.3 is 9.47 Å². The van der Waals surface area contributed by atoms with E-state index in [2.05, 4.69) is 11.1 Å². The molecular weight excluding hydrogens is 416 g/mol. The van der Waals surface area contributed by atoms with Gasteiger partial charge in [0.05, 0.1) is 22.9 Å². The Morgan fingerprint density at radius 2 is 1.90 bits per heavy atom. The second-order valence-electron chi connectivity index (χ2n) is 6.48. The predicted molar refractivity (Wildman–Crippen MR) is 122 cm³/mol. The van der Waals surface area contributed by atoms with Crippen LogP contribution in [-0.4, -0.2) is 12.1 Å². The monoisotopic (exact) mass is 432 g/mol. The molecule has 0 atom stereocenters. The van der Waals surface area contributed by atoms with Crippen LogP contribution in [0.3, 0.4) is 0 Å². The number of allylic oxidation sites excluding steroid dienone is 1. The summed E-state index contributed by atoms with van der Waals surface area (Å²) in [7, 11) is 1.59. The van der Waals surface area contributed by atoms with Gasteiger partial charge in [0, 0.05) is 5.02 Å². The van der Waals surface area contributed by atoms with E-state index in [4.69, 9.17) is 21.1 Å². The number of halogens is 1. The number of nitriles is 1. The highest BCUT2D eigenvalue weighted by molar-refractivity contribution is 7.19. The molecular formula is C24H17ClN2O2S. The number of hydrogen-bond donors (Lipinski definition) is 0. The third-order valence-corrected chi connectivity index (χ3v) is 5.77. The number of para-hydroxylation sites is 1. The van der Waals surface area contributed by atoms with Crippen LogP contribution in [0.25, 0.3) is 21.9 Å². The van der Waals surface area contributed by atoms with Crippen molar-refractivity contribution in [2.24, 2.45) is 0 Å². The molecule has 1 aromatic heterocycles. The van der Waals surface area contributed by atoms with E-state index < -0.39 is 0 Å². The Labute approximate surface area is 183 Å². The molecule has 0 spiro atoms. The molecule has 4 rings (SSSR count). The fourth-order valence-electron chi connectivity index (χ4n) is 2.93. The Morgan fingerprint density at radius 1 is 1.10 bits per heavy atom. The van der Waals surface area contributed by atoms with Crippen LogP contribution in [0, 0.1) is 11.3 Å². The van der Waals surface area contributed by atoms with Crippen molar-refractivity contribution in [3.63, 3.8) is 0 Å². The maximum Gasteiger partial charge on any atom is 0.161 e. The molecule has 0 aliphatic carbocycles. The summed E-state index contributed by atoms with van der Waals surface area (Å²) >= 11 is 7.42. The van der Waals surface area contributed by atoms with Gasteiger partial charge in [-0.1, -0.05) is 41.9 Å². The van der Waals surface area contributed by atoms with E-state index in [-0.39, 0.29) is 0 Å². The van der Waals surface area contributed by atoms with Crippen LogP contribution >= 0.6 is 22.9 Å². The quantitative estimate of drug-likeness (QED) is 0.322. The van der Waals surface area contributed by atoms with Gasteiger partial charge in [-0.05, 0) is 53.6 Å². The summed E-state index contributed by atoms with van der Waals surface area (Å²) in [5.41, 5.74) is 3.24. The minimum Gasteiger partial charge on any atom is -0.493 e. The molecule has 1 heterocycles. The summed E-state index contributed by atoms with van der Waals surface area (Å²) in [4.78, 5) is 4.57. The van der Waals surface area contributed by atoms with Crippen molar-refractivity contribution >= 4 is 44.8 Å². The van der Waals surface area contributed by atoms with E-state index >= 15 is 0 Å². The minimum atomic E-state index is 0.401. The van der Waals surface area contributed by atoms with Gasteiger partial charge in [0.15, 0.2) is 11.5 Å². The average Bonchev–Trinajstić information content (AvgIpc) is 3.21. The third-order valence-electron chi connectivity index (χ3n) is 4.45. The van der Waals surface area contributed by atoms with Crippen molar-refractivity contribution in [2.75, 3.05) is 7.11 Å². The molecule has 3 aromatic carbocycles. The maximum atomic E-state index is 9.66. The lowest BCUT2D eigenvalue weighted by Gasteiger charge is -2.11. The summed E-state index contributed by atoms with van der Waals surface area (Å²) in [6.07, 6.45) is 1.81. The summed E-state index contributed by atoms with van der Waals surface area (Å²) in [6, 6.07) is 23.2. The molecule has 0 fully saturated rings. The molecule has 30 heavy (non-hydrogen) atoms. The summed E-state index contributed by atoms with van der Waals surface area (Å²) in [6.45, 7) is 0.401. The largest absolute Gasteiger partial charge is 0.493 e. The first-order valence-electron chi connectivity index (χ1n) is 9.19. The number of methoxy groups -OCH3 is 1. The summed E-state index contributed by atoms with van der Waals surface area (Å²) < 4.78 is 12.4. The number of aromatic nitrogens is 1. The topological polar surface area (TPSA) is 55.1 Å². The number of ether oxygens (including phenoxy) is 2. The van der Waals surface area contributed by atoms with Crippen LogP contribution in [-0.2, 0) is 6.61 Å². The summed E-state index contributed by atoms with van der Waals surface area (Å²) in [5, 5.41) is 11.0. The smallest absolute Gasteiger partial charge is 0.161 e. The van der Waals surface area contributed by atoms with Gasteiger partial charge in [0.1, 0.15) is 17.7 Å². The van der Waals surface area contributed by atoms with E-state index in [1.54, 1.807) is 7.11 Å². The first-order chi connectivity index (χ1) is 14.7. The minimum absolute atomic E-state index is 0.401. The lowest BCUT2D eigenvalue weighted by molar-refractivity contribution is 0.284. The van der Waals surface area contributed by atoms with Gasteiger partial charge in [-0.2, -0.15) is 5.26 Å². The lowest BCUT2D eigenvalue weighted by Crippen LogP contribution is -1.98. The normalized spacial score (nSPS) is 11.3. The van der Waals surface area contributed by atoms with Crippen LogP contribution in [0.5, 0.6) is 11.5 Å². The molecule has 0 unspecified atom stereocenters. The number of thiazole rings is 1. The van der Waals surface area contributed by atoms with Crippen LogP contribution in [0.4, 0.5) is 0 Å². The average molecular weight is 433 g/mol. The van der Waals surface area contributed by atoms with Gasteiger partial charge >= 0.3 is 0 Å². The number of hydrogen-bond acceptors (Lipinski definition) is 5. The Hall–Kier alpha value is -3.33. The first kappa shape index (κ1) is 20.0.